The third kappa shape index (κ3) is 2.79. The van der Waals surface area contributed by atoms with E-state index in [-0.39, 0.29) is 17.7 Å². The number of carboxylic acids is 1. The standard InChI is InChI=1S/C12H14BrNO3/c1-7-10(4-5-17-7)14-11-6-8(13)2-3-9(11)12(15)16/h2-3,6-7,10,14H,4-5H2,1H3,(H,15,16). The van der Waals surface area contributed by atoms with Gasteiger partial charge in [-0.2, -0.15) is 0 Å². The number of carbonyl (C=O) groups is 1. The van der Waals surface area contributed by atoms with Crippen molar-refractivity contribution in [1.82, 2.24) is 0 Å². The van der Waals surface area contributed by atoms with Gasteiger partial charge < -0.3 is 15.2 Å². The third-order valence-corrected chi connectivity index (χ3v) is 3.42. The van der Waals surface area contributed by atoms with Crippen LogP contribution in [-0.4, -0.2) is 29.8 Å². The lowest BCUT2D eigenvalue weighted by atomic mass is 10.1. The van der Waals surface area contributed by atoms with Crippen molar-refractivity contribution in [2.45, 2.75) is 25.5 Å². The highest BCUT2D eigenvalue weighted by Gasteiger charge is 2.25. The molecule has 92 valence electrons. The van der Waals surface area contributed by atoms with Crippen LogP contribution in [0.25, 0.3) is 0 Å². The Morgan fingerprint density at radius 1 is 1.59 bits per heavy atom. The first-order valence-electron chi connectivity index (χ1n) is 5.49. The molecule has 0 spiro atoms. The zero-order valence-corrected chi connectivity index (χ0v) is 11.0. The van der Waals surface area contributed by atoms with Crippen molar-refractivity contribution < 1.29 is 14.6 Å². The van der Waals surface area contributed by atoms with Gasteiger partial charge in [0.1, 0.15) is 0 Å². The summed E-state index contributed by atoms with van der Waals surface area (Å²) in [6, 6.07) is 5.27. The van der Waals surface area contributed by atoms with Gasteiger partial charge in [-0.3, -0.25) is 0 Å². The summed E-state index contributed by atoms with van der Waals surface area (Å²) in [6.45, 7) is 2.71. The van der Waals surface area contributed by atoms with Crippen LogP contribution in [-0.2, 0) is 4.74 Å². The van der Waals surface area contributed by atoms with Crippen LogP contribution < -0.4 is 5.32 Å². The largest absolute Gasteiger partial charge is 0.478 e. The van der Waals surface area contributed by atoms with Crippen molar-refractivity contribution >= 4 is 27.6 Å². The predicted molar refractivity (Wildman–Crippen MR) is 68.5 cm³/mol. The fourth-order valence-electron chi connectivity index (χ4n) is 1.94. The minimum atomic E-state index is -0.924. The van der Waals surface area contributed by atoms with Crippen LogP contribution in [0.15, 0.2) is 22.7 Å². The molecule has 0 saturated carbocycles. The first kappa shape index (κ1) is 12.4. The molecule has 0 aromatic heterocycles. The molecule has 1 saturated heterocycles. The Morgan fingerprint density at radius 3 is 2.94 bits per heavy atom. The molecule has 2 atom stereocenters. The number of rotatable bonds is 3. The van der Waals surface area contributed by atoms with E-state index in [1.807, 2.05) is 6.92 Å². The van der Waals surface area contributed by atoms with E-state index < -0.39 is 5.97 Å². The van der Waals surface area contributed by atoms with Crippen LogP contribution >= 0.6 is 15.9 Å². The summed E-state index contributed by atoms with van der Waals surface area (Å²) in [5.41, 5.74) is 0.918. The first-order chi connectivity index (χ1) is 8.08. The maximum atomic E-state index is 11.1. The highest BCUT2D eigenvalue weighted by molar-refractivity contribution is 9.10. The summed E-state index contributed by atoms with van der Waals surface area (Å²) in [4.78, 5) is 11.1. The molecule has 17 heavy (non-hydrogen) atoms. The average molecular weight is 300 g/mol. The molecule has 2 N–H and O–H groups in total. The van der Waals surface area contributed by atoms with E-state index in [2.05, 4.69) is 21.2 Å². The van der Waals surface area contributed by atoms with E-state index in [1.54, 1.807) is 18.2 Å². The minimum absolute atomic E-state index is 0.107. The molecule has 0 amide bonds. The van der Waals surface area contributed by atoms with Gasteiger partial charge in [-0.05, 0) is 31.5 Å². The molecular formula is C12H14BrNO3. The molecular weight excluding hydrogens is 286 g/mol. The second-order valence-corrected chi connectivity index (χ2v) is 5.03. The number of halogens is 1. The van der Waals surface area contributed by atoms with Gasteiger partial charge in [-0.1, -0.05) is 15.9 Å². The lowest BCUT2D eigenvalue weighted by molar-refractivity contribution is 0.0697. The Balaban J connectivity index is 2.24. The molecule has 2 rings (SSSR count). The fourth-order valence-corrected chi connectivity index (χ4v) is 2.30. The lowest BCUT2D eigenvalue weighted by Crippen LogP contribution is -2.27. The molecule has 2 unspecified atom stereocenters. The number of carboxylic acid groups (broad SMARTS) is 1. The highest BCUT2D eigenvalue weighted by atomic mass is 79.9. The predicted octanol–water partition coefficient (Wildman–Crippen LogP) is 2.74. The number of ether oxygens (including phenoxy) is 1. The second kappa shape index (κ2) is 5.06. The van der Waals surface area contributed by atoms with Gasteiger partial charge in [0.25, 0.3) is 0 Å². The SMILES string of the molecule is CC1OCCC1Nc1cc(Br)ccc1C(=O)O. The van der Waals surface area contributed by atoms with Crippen molar-refractivity contribution in [3.63, 3.8) is 0 Å². The molecule has 5 heteroatoms. The van der Waals surface area contributed by atoms with Crippen molar-refractivity contribution in [2.75, 3.05) is 11.9 Å². The maximum Gasteiger partial charge on any atom is 0.337 e. The highest BCUT2D eigenvalue weighted by Crippen LogP contribution is 2.25. The van der Waals surface area contributed by atoms with E-state index in [4.69, 9.17) is 9.84 Å². The minimum Gasteiger partial charge on any atom is -0.478 e. The molecule has 1 heterocycles. The van der Waals surface area contributed by atoms with Crippen molar-refractivity contribution in [2.24, 2.45) is 0 Å². The topological polar surface area (TPSA) is 58.6 Å². The summed E-state index contributed by atoms with van der Waals surface area (Å²) in [5.74, 6) is -0.924. The zero-order chi connectivity index (χ0) is 12.4. The van der Waals surface area contributed by atoms with Crippen LogP contribution in [0.4, 0.5) is 5.69 Å². The first-order valence-corrected chi connectivity index (χ1v) is 6.28. The van der Waals surface area contributed by atoms with Crippen LogP contribution in [0.2, 0.25) is 0 Å². The Morgan fingerprint density at radius 2 is 2.35 bits per heavy atom. The van der Waals surface area contributed by atoms with E-state index in [9.17, 15) is 4.79 Å². The maximum absolute atomic E-state index is 11.1. The van der Waals surface area contributed by atoms with Gasteiger partial charge >= 0.3 is 5.97 Å². The van der Waals surface area contributed by atoms with E-state index in [0.29, 0.717) is 5.69 Å². The molecule has 1 aromatic carbocycles. The van der Waals surface area contributed by atoms with Gasteiger partial charge in [-0.15, -0.1) is 0 Å². The zero-order valence-electron chi connectivity index (χ0n) is 9.44. The average Bonchev–Trinajstić information content (AvgIpc) is 2.64. The van der Waals surface area contributed by atoms with Gasteiger partial charge in [-0.25, -0.2) is 4.79 Å². The monoisotopic (exact) mass is 299 g/mol. The van der Waals surface area contributed by atoms with Gasteiger partial charge in [0, 0.05) is 11.1 Å². The molecule has 0 radical (unpaired) electrons. The Bertz CT molecular complexity index is 436. The number of anilines is 1. The van der Waals surface area contributed by atoms with Crippen molar-refractivity contribution in [1.29, 1.82) is 0 Å². The summed E-state index contributed by atoms with van der Waals surface area (Å²) >= 11 is 3.35. The lowest BCUT2D eigenvalue weighted by Gasteiger charge is -2.19. The van der Waals surface area contributed by atoms with Crippen LogP contribution in [0.5, 0.6) is 0 Å². The number of nitrogens with one attached hydrogen (secondary N) is 1. The Kier molecular flexibility index (Phi) is 3.69. The molecule has 1 aromatic rings. The summed E-state index contributed by atoms with van der Waals surface area (Å²) < 4.78 is 6.30. The summed E-state index contributed by atoms with van der Waals surface area (Å²) in [6.07, 6.45) is 1.00. The smallest absolute Gasteiger partial charge is 0.337 e. The van der Waals surface area contributed by atoms with Gasteiger partial charge in [0.15, 0.2) is 0 Å². The number of hydrogen-bond acceptors (Lipinski definition) is 3. The van der Waals surface area contributed by atoms with Crippen molar-refractivity contribution in [3.8, 4) is 0 Å². The van der Waals surface area contributed by atoms with E-state index >= 15 is 0 Å². The number of aromatic carboxylic acids is 1. The summed E-state index contributed by atoms with van der Waals surface area (Å²) in [7, 11) is 0. The molecule has 1 aliphatic rings. The number of hydrogen-bond donors (Lipinski definition) is 2. The van der Waals surface area contributed by atoms with Gasteiger partial charge in [0.2, 0.25) is 0 Å². The van der Waals surface area contributed by atoms with Crippen LogP contribution in [0.3, 0.4) is 0 Å². The van der Waals surface area contributed by atoms with Crippen molar-refractivity contribution in [3.05, 3.63) is 28.2 Å². The molecule has 1 fully saturated rings. The van der Waals surface area contributed by atoms with E-state index in [0.717, 1.165) is 17.5 Å². The molecule has 1 aliphatic heterocycles. The van der Waals surface area contributed by atoms with Gasteiger partial charge in [0.05, 0.1) is 23.4 Å². The quantitative estimate of drug-likeness (QED) is 0.901. The molecule has 0 aliphatic carbocycles. The third-order valence-electron chi connectivity index (χ3n) is 2.93. The fraction of sp³-hybridized carbons (Fsp3) is 0.417. The van der Waals surface area contributed by atoms with E-state index in [1.165, 1.54) is 0 Å². The van der Waals surface area contributed by atoms with Crippen LogP contribution in [0, 0.1) is 0 Å². The second-order valence-electron chi connectivity index (χ2n) is 4.11. The normalized spacial score (nSPS) is 23.6. The molecule has 0 bridgehead atoms. The molecule has 4 nitrogen and oxygen atoms in total. The Hall–Kier alpha value is -1.07. The summed E-state index contributed by atoms with van der Waals surface area (Å²) in [5, 5.41) is 12.4. The number of benzene rings is 1. The van der Waals surface area contributed by atoms with Crippen LogP contribution in [0.1, 0.15) is 23.7 Å². The Labute approximate surface area is 108 Å².